The lowest BCUT2D eigenvalue weighted by Gasteiger charge is -2.22. The number of aromatic nitrogens is 1. The number of H-pyrrole nitrogens is 1. The van der Waals surface area contributed by atoms with Crippen LogP contribution in [0.4, 0.5) is 0 Å². The van der Waals surface area contributed by atoms with Crippen molar-refractivity contribution in [3.8, 4) is 11.5 Å². The van der Waals surface area contributed by atoms with E-state index in [4.69, 9.17) is 13.9 Å². The van der Waals surface area contributed by atoms with E-state index in [0.29, 0.717) is 46.9 Å². The van der Waals surface area contributed by atoms with E-state index in [1.165, 1.54) is 41.8 Å². The Kier molecular flexibility index (Phi) is 5.91. The number of benzene rings is 2. The first kappa shape index (κ1) is 22.9. The molecule has 4 aromatic rings. The van der Waals surface area contributed by atoms with E-state index < -0.39 is 15.6 Å². The number of Topliss-reactive ketones (excluding diaryl/α,β-unsaturated/α-hetero) is 1. The van der Waals surface area contributed by atoms with Crippen molar-refractivity contribution < 1.29 is 27.1 Å². The molecule has 35 heavy (non-hydrogen) atoms. The second kappa shape index (κ2) is 9.05. The lowest BCUT2D eigenvalue weighted by atomic mass is 10.1. The second-order valence-electron chi connectivity index (χ2n) is 8.14. The van der Waals surface area contributed by atoms with Crippen LogP contribution in [0.15, 0.2) is 75.0 Å². The normalized spacial score (nSPS) is 13.3. The van der Waals surface area contributed by atoms with Gasteiger partial charge in [0.15, 0.2) is 17.3 Å². The molecule has 0 aliphatic carbocycles. The average molecular weight is 495 g/mol. The number of rotatable bonds is 7. The quantitative estimate of drug-likeness (QED) is 0.391. The Morgan fingerprint density at radius 1 is 1.00 bits per heavy atom. The van der Waals surface area contributed by atoms with Gasteiger partial charge in [-0.05, 0) is 43.3 Å². The number of ether oxygens (including phenoxy) is 2. The molecule has 0 bridgehead atoms. The van der Waals surface area contributed by atoms with Crippen molar-refractivity contribution in [2.75, 3.05) is 13.2 Å². The van der Waals surface area contributed by atoms with Crippen LogP contribution in [0.1, 0.15) is 28.6 Å². The monoisotopic (exact) mass is 494 g/mol. The van der Waals surface area contributed by atoms with Crippen molar-refractivity contribution in [2.45, 2.75) is 24.9 Å². The molecule has 0 saturated heterocycles. The molecular formula is C25H22N2O7S. The number of aromatic amines is 1. The Morgan fingerprint density at radius 2 is 1.71 bits per heavy atom. The molecule has 0 spiro atoms. The van der Waals surface area contributed by atoms with Crippen LogP contribution < -0.4 is 15.0 Å². The summed E-state index contributed by atoms with van der Waals surface area (Å²) in [6.45, 7) is 1.98. The maximum Gasteiger partial charge on any atom is 0.252 e. The van der Waals surface area contributed by atoms with Crippen LogP contribution in [0.5, 0.6) is 11.5 Å². The van der Waals surface area contributed by atoms with Gasteiger partial charge in [0, 0.05) is 29.1 Å². The molecule has 10 heteroatoms. The van der Waals surface area contributed by atoms with Crippen LogP contribution in [0, 0.1) is 0 Å². The van der Waals surface area contributed by atoms with Crippen molar-refractivity contribution in [1.82, 2.24) is 9.29 Å². The Balaban J connectivity index is 1.54. The summed E-state index contributed by atoms with van der Waals surface area (Å²) < 4.78 is 44.9. The van der Waals surface area contributed by atoms with E-state index in [1.54, 1.807) is 30.3 Å². The van der Waals surface area contributed by atoms with E-state index in [9.17, 15) is 18.0 Å². The van der Waals surface area contributed by atoms with Crippen molar-refractivity contribution in [3.63, 3.8) is 0 Å². The highest BCUT2D eigenvalue weighted by molar-refractivity contribution is 7.89. The van der Waals surface area contributed by atoms with Crippen LogP contribution in [0.2, 0.25) is 0 Å². The van der Waals surface area contributed by atoms with Crippen LogP contribution in [0.3, 0.4) is 0 Å². The molecule has 1 N–H and O–H groups in total. The average Bonchev–Trinajstić information content (AvgIpc) is 3.36. The number of nitrogens with one attached hydrogen (secondary N) is 1. The molecule has 3 heterocycles. The van der Waals surface area contributed by atoms with E-state index in [0.717, 1.165) is 0 Å². The van der Waals surface area contributed by atoms with E-state index in [2.05, 4.69) is 4.98 Å². The van der Waals surface area contributed by atoms with Gasteiger partial charge in [0.05, 0.1) is 23.2 Å². The smallest absolute Gasteiger partial charge is 0.252 e. The largest absolute Gasteiger partial charge is 0.486 e. The SMILES string of the molecule is CC(=O)c1ccc(S(=O)(=O)N(Cc2ccco2)Cc2cc3cc4c(cc3[nH]c2=O)OCCO4)cc1. The van der Waals surface area contributed by atoms with Crippen LogP contribution in [0.25, 0.3) is 10.9 Å². The number of furan rings is 1. The van der Waals surface area contributed by atoms with Gasteiger partial charge < -0.3 is 18.9 Å². The third-order valence-electron chi connectivity index (χ3n) is 5.74. The zero-order chi connectivity index (χ0) is 24.6. The van der Waals surface area contributed by atoms with Crippen molar-refractivity contribution >= 4 is 26.7 Å². The highest BCUT2D eigenvalue weighted by Crippen LogP contribution is 2.34. The van der Waals surface area contributed by atoms with Gasteiger partial charge in [-0.25, -0.2) is 8.42 Å². The number of fused-ring (bicyclic) bond motifs is 2. The predicted octanol–water partition coefficient (Wildman–Crippen LogP) is 3.49. The number of ketones is 1. The van der Waals surface area contributed by atoms with Gasteiger partial charge in [-0.3, -0.25) is 9.59 Å². The van der Waals surface area contributed by atoms with Gasteiger partial charge in [0.1, 0.15) is 19.0 Å². The van der Waals surface area contributed by atoms with Gasteiger partial charge in [-0.1, -0.05) is 12.1 Å². The summed E-state index contributed by atoms with van der Waals surface area (Å²) in [5.74, 6) is 1.36. The number of carbonyl (C=O) groups excluding carboxylic acids is 1. The number of sulfonamides is 1. The second-order valence-corrected chi connectivity index (χ2v) is 10.1. The van der Waals surface area contributed by atoms with Gasteiger partial charge in [-0.15, -0.1) is 0 Å². The zero-order valence-corrected chi connectivity index (χ0v) is 19.6. The Morgan fingerprint density at radius 3 is 2.37 bits per heavy atom. The molecule has 0 radical (unpaired) electrons. The maximum atomic E-state index is 13.6. The van der Waals surface area contributed by atoms with Gasteiger partial charge in [0.2, 0.25) is 10.0 Å². The minimum atomic E-state index is -4.04. The van der Waals surface area contributed by atoms with Gasteiger partial charge in [-0.2, -0.15) is 4.31 Å². The number of pyridine rings is 1. The Labute approximate surface area is 200 Å². The molecule has 9 nitrogen and oxygen atoms in total. The summed E-state index contributed by atoms with van der Waals surface area (Å²) in [4.78, 5) is 27.3. The summed E-state index contributed by atoms with van der Waals surface area (Å²) in [7, 11) is -4.04. The first-order valence-electron chi connectivity index (χ1n) is 10.9. The summed E-state index contributed by atoms with van der Waals surface area (Å²) >= 11 is 0. The molecule has 0 saturated carbocycles. The van der Waals surface area contributed by atoms with Gasteiger partial charge in [0.25, 0.3) is 5.56 Å². The molecule has 0 amide bonds. The fourth-order valence-corrected chi connectivity index (χ4v) is 5.29. The van der Waals surface area contributed by atoms with Crippen molar-refractivity contribution in [3.05, 3.63) is 88.1 Å². The van der Waals surface area contributed by atoms with Crippen molar-refractivity contribution in [1.29, 1.82) is 0 Å². The highest BCUT2D eigenvalue weighted by Gasteiger charge is 2.27. The van der Waals surface area contributed by atoms with E-state index >= 15 is 0 Å². The molecule has 2 aromatic carbocycles. The van der Waals surface area contributed by atoms with Crippen molar-refractivity contribution in [2.24, 2.45) is 0 Å². The summed E-state index contributed by atoms with van der Waals surface area (Å²) in [5, 5.41) is 0.685. The minimum absolute atomic E-state index is 0.00546. The predicted molar refractivity (Wildman–Crippen MR) is 127 cm³/mol. The summed E-state index contributed by atoms with van der Waals surface area (Å²) in [6, 6.07) is 14.1. The topological polar surface area (TPSA) is 119 Å². The molecular weight excluding hydrogens is 472 g/mol. The molecule has 0 unspecified atom stereocenters. The number of hydrogen-bond acceptors (Lipinski definition) is 7. The Bertz CT molecular complexity index is 1560. The number of carbonyl (C=O) groups is 1. The number of nitrogens with zero attached hydrogens (tertiary/aromatic N) is 1. The minimum Gasteiger partial charge on any atom is -0.486 e. The highest BCUT2D eigenvalue weighted by atomic mass is 32.2. The van der Waals surface area contributed by atoms with Gasteiger partial charge >= 0.3 is 0 Å². The van der Waals surface area contributed by atoms with Crippen LogP contribution in [-0.2, 0) is 23.1 Å². The molecule has 5 rings (SSSR count). The molecule has 180 valence electrons. The lowest BCUT2D eigenvalue weighted by molar-refractivity contribution is 0.101. The maximum absolute atomic E-state index is 13.6. The summed E-state index contributed by atoms with van der Waals surface area (Å²) in [5.41, 5.74) is 0.802. The molecule has 0 atom stereocenters. The fourth-order valence-electron chi connectivity index (χ4n) is 3.91. The lowest BCUT2D eigenvalue weighted by Crippen LogP contribution is -2.32. The molecule has 2 aromatic heterocycles. The number of hydrogen-bond donors (Lipinski definition) is 1. The molecule has 1 aliphatic rings. The first-order valence-corrected chi connectivity index (χ1v) is 12.3. The summed E-state index contributed by atoms with van der Waals surface area (Å²) in [6.07, 6.45) is 1.45. The van der Waals surface area contributed by atoms with E-state index in [1.807, 2.05) is 0 Å². The first-order chi connectivity index (χ1) is 16.8. The van der Waals surface area contributed by atoms with Crippen LogP contribution in [-0.4, -0.2) is 36.7 Å². The third kappa shape index (κ3) is 4.58. The van der Waals surface area contributed by atoms with Crippen LogP contribution >= 0.6 is 0 Å². The molecule has 0 fully saturated rings. The standard InChI is InChI=1S/C25H22N2O7S/c1-16(28)17-4-6-21(7-5-17)35(30,31)27(15-20-3-2-8-32-20)14-19-11-18-12-23-24(34-10-9-33-23)13-22(18)26-25(19)29/h2-8,11-13H,9-10,14-15H2,1H3,(H,26,29). The van der Waals surface area contributed by atoms with E-state index in [-0.39, 0.29) is 29.3 Å². The fraction of sp³-hybridized carbons (Fsp3) is 0.200. The molecule has 1 aliphatic heterocycles. The third-order valence-corrected chi connectivity index (χ3v) is 7.55. The zero-order valence-electron chi connectivity index (χ0n) is 18.8. The Hall–Kier alpha value is -3.89.